The van der Waals surface area contributed by atoms with Gasteiger partial charge >= 0.3 is 5.97 Å². The van der Waals surface area contributed by atoms with Crippen LogP contribution in [0, 0.1) is 24.0 Å². The Bertz CT molecular complexity index is 1400. The van der Waals surface area contributed by atoms with Crippen LogP contribution in [0.2, 0.25) is 0 Å². The Morgan fingerprint density at radius 2 is 1.72 bits per heavy atom. The molecule has 1 atom stereocenters. The first-order valence-electron chi connectivity index (χ1n) is 11.0. The zero-order chi connectivity index (χ0) is 25.7. The summed E-state index contributed by atoms with van der Waals surface area (Å²) in [5.41, 5.74) is 2.60. The van der Waals surface area contributed by atoms with E-state index in [2.05, 4.69) is 20.7 Å². The predicted octanol–water partition coefficient (Wildman–Crippen LogP) is 3.79. The third kappa shape index (κ3) is 5.76. The Kier molecular flexibility index (Phi) is 7.10. The molecule has 3 aromatic carbocycles. The van der Waals surface area contributed by atoms with Crippen molar-refractivity contribution in [3.8, 4) is 11.4 Å². The van der Waals surface area contributed by atoms with E-state index >= 15 is 0 Å². The van der Waals surface area contributed by atoms with Crippen molar-refractivity contribution in [3.63, 3.8) is 0 Å². The molecule has 1 N–H and O–H groups in total. The fourth-order valence-electron chi connectivity index (χ4n) is 3.41. The summed E-state index contributed by atoms with van der Waals surface area (Å²) in [6, 6.07) is 20.3. The monoisotopic (exact) mass is 486 g/mol. The summed E-state index contributed by atoms with van der Waals surface area (Å²) in [5.74, 6) is -1.19. The summed E-state index contributed by atoms with van der Waals surface area (Å²) in [6.45, 7) is 3.27. The van der Waals surface area contributed by atoms with E-state index in [0.717, 1.165) is 15.9 Å². The second-order valence-corrected chi connectivity index (χ2v) is 8.06. The minimum Gasteiger partial charge on any atom is -0.446 e. The van der Waals surface area contributed by atoms with Crippen LogP contribution < -0.4 is 5.32 Å². The summed E-state index contributed by atoms with van der Waals surface area (Å²) < 4.78 is 5.48. The van der Waals surface area contributed by atoms with Gasteiger partial charge in [-0.3, -0.25) is 14.9 Å². The highest BCUT2D eigenvalue weighted by Crippen LogP contribution is 2.28. The van der Waals surface area contributed by atoms with Gasteiger partial charge in [0, 0.05) is 17.2 Å². The number of ether oxygens (including phenoxy) is 1. The maximum Gasteiger partial charge on any atom is 0.330 e. The molecule has 0 saturated carbocycles. The van der Waals surface area contributed by atoms with Crippen LogP contribution in [0.4, 0.5) is 11.4 Å². The molecule has 36 heavy (non-hydrogen) atoms. The fourth-order valence-corrected chi connectivity index (χ4v) is 3.41. The van der Waals surface area contributed by atoms with Gasteiger partial charge in [-0.15, -0.1) is 10.2 Å². The van der Waals surface area contributed by atoms with Crippen molar-refractivity contribution in [1.29, 1.82) is 0 Å². The first kappa shape index (κ1) is 24.2. The van der Waals surface area contributed by atoms with Crippen molar-refractivity contribution in [2.75, 3.05) is 5.32 Å². The summed E-state index contributed by atoms with van der Waals surface area (Å²) in [6.07, 6.45) is -1.36. The number of amides is 1. The van der Waals surface area contributed by atoms with Crippen LogP contribution in [0.1, 0.15) is 22.8 Å². The molecule has 4 rings (SSSR count). The first-order chi connectivity index (χ1) is 17.3. The van der Waals surface area contributed by atoms with Gasteiger partial charge in [-0.05, 0) is 30.7 Å². The highest BCUT2D eigenvalue weighted by Gasteiger charge is 2.28. The number of nitro benzene ring substituents is 1. The van der Waals surface area contributed by atoms with E-state index in [-0.39, 0.29) is 17.9 Å². The number of anilines is 1. The second-order valence-electron chi connectivity index (χ2n) is 8.06. The second kappa shape index (κ2) is 10.6. The Hall–Kier alpha value is -4.93. The fraction of sp³-hybridized carbons (Fsp3) is 0.160. The van der Waals surface area contributed by atoms with Crippen LogP contribution in [-0.4, -0.2) is 37.0 Å². The van der Waals surface area contributed by atoms with E-state index in [0.29, 0.717) is 17.0 Å². The van der Waals surface area contributed by atoms with Crippen molar-refractivity contribution in [2.45, 2.75) is 26.5 Å². The van der Waals surface area contributed by atoms with E-state index in [4.69, 9.17) is 4.74 Å². The first-order valence-corrected chi connectivity index (χ1v) is 11.0. The van der Waals surface area contributed by atoms with Gasteiger partial charge in [-0.2, -0.15) is 4.80 Å². The molecule has 11 nitrogen and oxygen atoms in total. The molecular weight excluding hydrogens is 464 g/mol. The number of nitro groups is 1. The van der Waals surface area contributed by atoms with Crippen LogP contribution >= 0.6 is 0 Å². The molecular formula is C25H22N6O5. The number of rotatable bonds is 8. The predicted molar refractivity (Wildman–Crippen MR) is 130 cm³/mol. The summed E-state index contributed by atoms with van der Waals surface area (Å²) in [7, 11) is 0. The summed E-state index contributed by atoms with van der Waals surface area (Å²) in [4.78, 5) is 37.8. The van der Waals surface area contributed by atoms with E-state index in [1.165, 1.54) is 12.1 Å². The molecule has 1 unspecified atom stereocenters. The lowest BCUT2D eigenvalue weighted by Crippen LogP contribution is -2.28. The molecule has 182 valence electrons. The molecule has 1 aromatic heterocycles. The molecule has 0 saturated heterocycles. The number of aromatic nitrogens is 4. The normalized spacial score (nSPS) is 11.5. The minimum absolute atomic E-state index is 0.00624. The number of carbonyl (C=O) groups is 2. The Morgan fingerprint density at radius 1 is 1.03 bits per heavy atom. The lowest BCUT2D eigenvalue weighted by atomic mass is 10.1. The Labute approximate surface area is 205 Å². The number of tetrazole rings is 1. The number of benzene rings is 3. The van der Waals surface area contributed by atoms with E-state index in [1.54, 1.807) is 43.3 Å². The average Bonchev–Trinajstić information content (AvgIpc) is 3.32. The molecule has 11 heteroatoms. The molecule has 0 aliphatic carbocycles. The van der Waals surface area contributed by atoms with Crippen molar-refractivity contribution in [2.24, 2.45) is 0 Å². The van der Waals surface area contributed by atoms with Gasteiger partial charge in [0.15, 0.2) is 6.54 Å². The maximum absolute atomic E-state index is 13.1. The van der Waals surface area contributed by atoms with Crippen molar-refractivity contribution in [3.05, 3.63) is 99.6 Å². The van der Waals surface area contributed by atoms with Gasteiger partial charge in [-0.25, -0.2) is 4.79 Å². The number of nitrogens with zero attached hydrogens (tertiary/aromatic N) is 5. The third-order valence-corrected chi connectivity index (χ3v) is 5.23. The highest BCUT2D eigenvalue weighted by molar-refractivity contribution is 5.97. The van der Waals surface area contributed by atoms with Gasteiger partial charge in [0.2, 0.25) is 11.9 Å². The number of carbonyl (C=O) groups excluding carboxylic acids is 2. The molecule has 0 radical (unpaired) electrons. The van der Waals surface area contributed by atoms with Gasteiger partial charge in [0.25, 0.3) is 11.6 Å². The smallest absolute Gasteiger partial charge is 0.330 e. The molecule has 4 aromatic rings. The number of nitrogens with one attached hydrogen (secondary N) is 1. The molecule has 0 spiro atoms. The lowest BCUT2D eigenvalue weighted by Gasteiger charge is -2.18. The topological polar surface area (TPSA) is 142 Å². The average molecular weight is 486 g/mol. The maximum atomic E-state index is 13.1. The van der Waals surface area contributed by atoms with Crippen molar-refractivity contribution < 1.29 is 19.2 Å². The van der Waals surface area contributed by atoms with Gasteiger partial charge in [0.05, 0.1) is 4.92 Å². The van der Waals surface area contributed by atoms with E-state index in [9.17, 15) is 19.7 Å². The molecule has 0 aliphatic rings. The molecule has 0 aliphatic heterocycles. The van der Waals surface area contributed by atoms with Crippen LogP contribution in [-0.2, 0) is 20.9 Å². The van der Waals surface area contributed by atoms with Gasteiger partial charge in [-0.1, -0.05) is 66.2 Å². The van der Waals surface area contributed by atoms with E-state index in [1.807, 2.05) is 31.2 Å². The van der Waals surface area contributed by atoms with Gasteiger partial charge in [0.1, 0.15) is 5.69 Å². The zero-order valence-corrected chi connectivity index (χ0v) is 19.5. The van der Waals surface area contributed by atoms with Crippen molar-refractivity contribution >= 4 is 23.3 Å². The SMILES string of the molecule is Cc1ccc(-c2nnn(CC(=O)OC(C(=O)Nc3ccc(C)cc3[N+](=O)[O-])c3ccccc3)n2)cc1. The highest BCUT2D eigenvalue weighted by atomic mass is 16.6. The Balaban J connectivity index is 1.51. The van der Waals surface area contributed by atoms with E-state index < -0.39 is 22.9 Å². The molecule has 0 fully saturated rings. The van der Waals surface area contributed by atoms with Crippen LogP contribution in [0.15, 0.2) is 72.8 Å². The summed E-state index contributed by atoms with van der Waals surface area (Å²) >= 11 is 0. The quantitative estimate of drug-likeness (QED) is 0.225. The summed E-state index contributed by atoms with van der Waals surface area (Å²) in [5, 5.41) is 26.0. The molecule has 1 amide bonds. The van der Waals surface area contributed by atoms with Crippen LogP contribution in [0.3, 0.4) is 0 Å². The number of esters is 1. The van der Waals surface area contributed by atoms with Gasteiger partial charge < -0.3 is 10.1 Å². The number of hydrogen-bond acceptors (Lipinski definition) is 8. The lowest BCUT2D eigenvalue weighted by molar-refractivity contribution is -0.384. The van der Waals surface area contributed by atoms with Crippen LogP contribution in [0.25, 0.3) is 11.4 Å². The minimum atomic E-state index is -1.36. The van der Waals surface area contributed by atoms with Crippen LogP contribution in [0.5, 0.6) is 0 Å². The Morgan fingerprint density at radius 3 is 2.42 bits per heavy atom. The number of aryl methyl sites for hydroxylation is 2. The molecule has 1 heterocycles. The standard InChI is InChI=1S/C25H22N6O5/c1-16-8-11-19(12-9-16)24-27-29-30(28-24)15-22(32)36-23(18-6-4-3-5-7-18)25(33)26-20-13-10-17(2)14-21(20)31(34)35/h3-14,23H,15H2,1-2H3,(H,26,33). The van der Waals surface area contributed by atoms with Crippen molar-refractivity contribution in [1.82, 2.24) is 20.2 Å². The molecule has 0 bridgehead atoms. The largest absolute Gasteiger partial charge is 0.446 e. The zero-order valence-electron chi connectivity index (χ0n) is 19.5. The number of hydrogen-bond donors (Lipinski definition) is 1. The third-order valence-electron chi connectivity index (χ3n) is 5.23.